The predicted molar refractivity (Wildman–Crippen MR) is 171 cm³/mol. The average molecular weight is 612 g/mol. The number of rotatable bonds is 9. The summed E-state index contributed by atoms with van der Waals surface area (Å²) >= 11 is 0. The van der Waals surface area contributed by atoms with E-state index in [4.69, 9.17) is 15.9 Å². The van der Waals surface area contributed by atoms with Gasteiger partial charge in [-0.05, 0) is 57.0 Å². The lowest BCUT2D eigenvalue weighted by Gasteiger charge is -2.39. The smallest absolute Gasteiger partial charge is 0.264 e. The van der Waals surface area contributed by atoms with Gasteiger partial charge in [0.2, 0.25) is 0 Å². The molecule has 2 aromatic carbocycles. The number of nitrogens with two attached hydrogens (primary N) is 1. The summed E-state index contributed by atoms with van der Waals surface area (Å²) in [5.41, 5.74) is 5.85. The molecule has 11 nitrogen and oxygen atoms in total. The zero-order valence-corrected chi connectivity index (χ0v) is 25.5. The number of ether oxygens (including phenoxy) is 1. The number of hydrogen-bond acceptors (Lipinski definition) is 10. The van der Waals surface area contributed by atoms with Crippen molar-refractivity contribution < 1.29 is 13.9 Å². The van der Waals surface area contributed by atoms with E-state index in [9.17, 15) is 10.1 Å². The van der Waals surface area contributed by atoms with Crippen LogP contribution in [0.3, 0.4) is 0 Å². The van der Waals surface area contributed by atoms with E-state index in [1.54, 1.807) is 29.2 Å². The minimum absolute atomic E-state index is 0.0105. The fourth-order valence-electron chi connectivity index (χ4n) is 5.75. The first kappa shape index (κ1) is 31.6. The summed E-state index contributed by atoms with van der Waals surface area (Å²) in [5.74, 6) is 0.174. The topological polar surface area (TPSA) is 156 Å². The summed E-state index contributed by atoms with van der Waals surface area (Å²) in [4.78, 5) is 25.9. The van der Waals surface area contributed by atoms with Crippen LogP contribution in [0.2, 0.25) is 0 Å². The Morgan fingerprint density at radius 1 is 1.18 bits per heavy atom. The van der Waals surface area contributed by atoms with Gasteiger partial charge in [-0.15, -0.1) is 0 Å². The number of halogens is 1. The highest BCUT2D eigenvalue weighted by Gasteiger charge is 2.31. The Balaban J connectivity index is 1.31. The zero-order valence-electron chi connectivity index (χ0n) is 25.5. The van der Waals surface area contributed by atoms with E-state index in [2.05, 4.69) is 31.6 Å². The lowest BCUT2D eigenvalue weighted by atomic mass is 9.96. The monoisotopic (exact) mass is 611 g/mol. The van der Waals surface area contributed by atoms with Crippen LogP contribution >= 0.6 is 0 Å². The molecule has 5 rings (SSSR count). The summed E-state index contributed by atoms with van der Waals surface area (Å²) in [6.45, 7) is 8.27. The molecule has 1 atom stereocenters. The molecule has 2 saturated heterocycles. The van der Waals surface area contributed by atoms with E-state index in [0.717, 1.165) is 32.6 Å². The van der Waals surface area contributed by atoms with E-state index >= 15 is 4.39 Å². The third-order valence-corrected chi connectivity index (χ3v) is 8.15. The molecule has 1 aromatic heterocycles. The number of carbonyl (C=O) groups excluding carboxylic acids is 1. The first-order valence-electron chi connectivity index (χ1n) is 15.0. The summed E-state index contributed by atoms with van der Waals surface area (Å²) in [5, 5.41) is 25.4. The van der Waals surface area contributed by atoms with E-state index in [-0.39, 0.29) is 46.0 Å². The van der Waals surface area contributed by atoms with Gasteiger partial charge in [-0.25, -0.2) is 14.4 Å². The van der Waals surface area contributed by atoms with Crippen LogP contribution < -0.4 is 21.1 Å². The number of nitrogens with one attached hydrogen (secondary N) is 3. The van der Waals surface area contributed by atoms with Gasteiger partial charge in [0, 0.05) is 62.5 Å². The second-order valence-electron chi connectivity index (χ2n) is 11.7. The molecule has 0 spiro atoms. The minimum Gasteiger partial charge on any atom is -0.457 e. The number of nitriles is 1. The fourth-order valence-corrected chi connectivity index (χ4v) is 5.75. The first-order chi connectivity index (χ1) is 21.7. The zero-order chi connectivity index (χ0) is 32.0. The van der Waals surface area contributed by atoms with Crippen molar-refractivity contribution in [3.63, 3.8) is 0 Å². The van der Waals surface area contributed by atoms with Gasteiger partial charge in [0.15, 0.2) is 0 Å². The van der Waals surface area contributed by atoms with Crippen molar-refractivity contribution in [1.29, 1.82) is 10.7 Å². The predicted octanol–water partition coefficient (Wildman–Crippen LogP) is 3.94. The number of nitrogens with zero attached hydrogens (tertiary/aromatic N) is 5. The molecule has 0 bridgehead atoms. The number of piperidine rings is 1. The van der Waals surface area contributed by atoms with Gasteiger partial charge < -0.3 is 26.0 Å². The first-order valence-corrected chi connectivity index (χ1v) is 15.0. The standard InChI is InChI=1S/C33H38FN9O2/c1-33(2,43-15-12-38-13-16-43)18-22(19-35)32(44)42-14-6-7-23(20-42)41-31-28(30(37)39-21-40-31)29(36)26-11-10-25(17-27(26)34)45-24-8-4-3-5-9-24/h3-5,8-11,17-18,21,23,36,38H,6-7,12-16,20H2,1-2H3,(H3,37,39,40,41)/b22-18+,36-29?. The van der Waals surface area contributed by atoms with Crippen LogP contribution in [0.15, 0.2) is 66.5 Å². The second kappa shape index (κ2) is 13.8. The third kappa shape index (κ3) is 7.45. The second-order valence-corrected chi connectivity index (χ2v) is 11.7. The molecule has 0 aliphatic carbocycles. The Morgan fingerprint density at radius 3 is 2.64 bits per heavy atom. The molecular formula is C33H38FN9O2. The molecule has 1 unspecified atom stereocenters. The molecule has 3 heterocycles. The number of benzene rings is 2. The SMILES string of the molecule is CC(C)(/C=C(\C#N)C(=O)N1CCCC(Nc2ncnc(N)c2C(=N)c2ccc(Oc3ccccc3)cc2F)C1)N1CCNCC1. The maximum Gasteiger partial charge on any atom is 0.264 e. The van der Waals surface area contributed by atoms with Crippen LogP contribution in [0, 0.1) is 22.6 Å². The number of likely N-dealkylation sites (tertiary alicyclic amines) is 1. The highest BCUT2D eigenvalue weighted by Crippen LogP contribution is 2.29. The van der Waals surface area contributed by atoms with Crippen molar-refractivity contribution in [3.05, 3.63) is 83.5 Å². The lowest BCUT2D eigenvalue weighted by molar-refractivity contribution is -0.127. The number of piperazine rings is 1. The Kier molecular flexibility index (Phi) is 9.71. The Labute approximate surface area is 262 Å². The molecular weight excluding hydrogens is 573 g/mol. The van der Waals surface area contributed by atoms with Gasteiger partial charge in [0.25, 0.3) is 5.91 Å². The van der Waals surface area contributed by atoms with Crippen molar-refractivity contribution in [2.24, 2.45) is 0 Å². The van der Waals surface area contributed by atoms with Crippen LogP contribution in [-0.4, -0.2) is 82.2 Å². The summed E-state index contributed by atoms with van der Waals surface area (Å²) in [7, 11) is 0. The highest BCUT2D eigenvalue weighted by atomic mass is 19.1. The van der Waals surface area contributed by atoms with E-state index in [1.165, 1.54) is 18.5 Å². The Hall–Kier alpha value is -4.86. The molecule has 12 heteroatoms. The van der Waals surface area contributed by atoms with E-state index < -0.39 is 11.4 Å². The normalized spacial score (nSPS) is 17.8. The van der Waals surface area contributed by atoms with Crippen LogP contribution in [0.5, 0.6) is 11.5 Å². The van der Waals surface area contributed by atoms with Crippen LogP contribution in [0.25, 0.3) is 0 Å². The van der Waals surface area contributed by atoms with Gasteiger partial charge in [-0.1, -0.05) is 18.2 Å². The van der Waals surface area contributed by atoms with Crippen LogP contribution in [0.4, 0.5) is 16.0 Å². The molecule has 0 radical (unpaired) electrons. The van der Waals surface area contributed by atoms with Gasteiger partial charge >= 0.3 is 0 Å². The maximum atomic E-state index is 15.3. The highest BCUT2D eigenvalue weighted by molar-refractivity contribution is 6.16. The molecule has 2 fully saturated rings. The van der Waals surface area contributed by atoms with Crippen LogP contribution in [-0.2, 0) is 4.79 Å². The quantitative estimate of drug-likeness (QED) is 0.160. The van der Waals surface area contributed by atoms with Gasteiger partial charge in [0.05, 0.1) is 11.3 Å². The summed E-state index contributed by atoms with van der Waals surface area (Å²) in [6.07, 6.45) is 4.47. The van der Waals surface area contributed by atoms with Crippen molar-refractivity contribution in [2.75, 3.05) is 50.3 Å². The van der Waals surface area contributed by atoms with Gasteiger partial charge in [0.1, 0.15) is 46.9 Å². The Bertz CT molecular complexity index is 1610. The largest absolute Gasteiger partial charge is 0.457 e. The van der Waals surface area contributed by atoms with Crippen molar-refractivity contribution in [2.45, 2.75) is 38.3 Å². The molecule has 2 aliphatic rings. The number of hydrogen-bond donors (Lipinski definition) is 4. The number of anilines is 2. The molecule has 1 amide bonds. The summed E-state index contributed by atoms with van der Waals surface area (Å²) in [6, 6.07) is 15.2. The minimum atomic E-state index is -0.656. The number of para-hydroxylation sites is 1. The van der Waals surface area contributed by atoms with Crippen molar-refractivity contribution >= 4 is 23.3 Å². The summed E-state index contributed by atoms with van der Waals surface area (Å²) < 4.78 is 21.0. The van der Waals surface area contributed by atoms with Gasteiger partial charge in [-0.2, -0.15) is 5.26 Å². The van der Waals surface area contributed by atoms with Gasteiger partial charge in [-0.3, -0.25) is 15.1 Å². The number of amides is 1. The van der Waals surface area contributed by atoms with Crippen LogP contribution in [0.1, 0.15) is 37.8 Å². The fraction of sp³-hybridized carbons (Fsp3) is 0.364. The van der Waals surface area contributed by atoms with Crippen molar-refractivity contribution in [3.8, 4) is 17.6 Å². The molecule has 0 saturated carbocycles. The van der Waals surface area contributed by atoms with E-state index in [1.807, 2.05) is 32.0 Å². The molecule has 234 valence electrons. The van der Waals surface area contributed by atoms with E-state index in [0.29, 0.717) is 31.0 Å². The number of nitrogen functional groups attached to an aromatic ring is 1. The molecule has 45 heavy (non-hydrogen) atoms. The molecule has 5 N–H and O–H groups in total. The number of carbonyl (C=O) groups is 1. The number of aromatic nitrogens is 2. The average Bonchev–Trinajstić information content (AvgIpc) is 3.04. The molecule has 2 aliphatic heterocycles. The molecule has 3 aromatic rings. The van der Waals surface area contributed by atoms with Crippen molar-refractivity contribution in [1.82, 2.24) is 25.1 Å². The maximum absolute atomic E-state index is 15.3. The third-order valence-electron chi connectivity index (χ3n) is 8.15. The Morgan fingerprint density at radius 2 is 1.93 bits per heavy atom. The lowest BCUT2D eigenvalue weighted by Crippen LogP contribution is -2.53.